The van der Waals surface area contributed by atoms with Crippen LogP contribution in [0.25, 0.3) is 0 Å². The standard InChI is InChI=1S/C72H87NO19Si/c1-47-61(82-41-52-26-16-10-17-27-52)66(68(71(86-47)80-38-39-93(6,7)8)90-69(77)56-32-22-13-23-33-56)92-70-60(73-48(2)74)64(63(87-50(4)76)59(88-70)46-81-49(3)75)91-72-67(85-44-55-34-36-57(78-5)37-35-55)65(84-43-54-30-20-12-21-31-54)62(83-42-53-28-18-11-19-29-53)58(89-72)45-79-40-51-24-14-9-15-25-51/h9-37,47,58-68,70-72H,38-46H2,1-8H3,(H,73,74)/t47-,58+,59+,60+,61-,62+,63+,64+,65-,66+,67+,68+,70+,71+,72+/m0/s1. The van der Waals surface area contributed by atoms with Gasteiger partial charge in [-0.2, -0.15) is 0 Å². The molecule has 1 N–H and O–H groups in total. The second-order valence-electron chi connectivity index (χ2n) is 24.4. The number of nitrogens with one attached hydrogen (secondary N) is 1. The third kappa shape index (κ3) is 20.9. The highest BCUT2D eigenvalue weighted by Crippen LogP contribution is 2.39. The number of rotatable bonds is 31. The van der Waals surface area contributed by atoms with E-state index in [2.05, 4.69) is 25.0 Å². The van der Waals surface area contributed by atoms with E-state index in [4.69, 9.17) is 71.1 Å². The van der Waals surface area contributed by atoms with Gasteiger partial charge in [0.2, 0.25) is 5.91 Å². The van der Waals surface area contributed by atoms with Crippen LogP contribution in [0.3, 0.4) is 0 Å². The zero-order valence-electron chi connectivity index (χ0n) is 54.0. The fourth-order valence-electron chi connectivity index (χ4n) is 11.2. The molecule has 15 atom stereocenters. The van der Waals surface area contributed by atoms with Crippen molar-refractivity contribution < 1.29 is 90.2 Å². The fourth-order valence-corrected chi connectivity index (χ4v) is 11.9. The molecule has 0 aliphatic carbocycles. The number of benzene rings is 6. The molecule has 498 valence electrons. The monoisotopic (exact) mass is 1300 g/mol. The van der Waals surface area contributed by atoms with Gasteiger partial charge in [-0.3, -0.25) is 14.4 Å². The van der Waals surface area contributed by atoms with E-state index < -0.39 is 131 Å². The largest absolute Gasteiger partial charge is 0.497 e. The Bertz CT molecular complexity index is 3220. The van der Waals surface area contributed by atoms with Gasteiger partial charge in [-0.25, -0.2) is 4.79 Å². The van der Waals surface area contributed by atoms with Crippen molar-refractivity contribution in [1.29, 1.82) is 0 Å². The molecule has 20 nitrogen and oxygen atoms in total. The molecular weight excluding hydrogens is 1210 g/mol. The predicted octanol–water partition coefficient (Wildman–Crippen LogP) is 10.1. The first-order valence-corrected chi connectivity index (χ1v) is 35.2. The molecule has 0 radical (unpaired) electrons. The molecule has 3 aliphatic heterocycles. The molecule has 0 unspecified atom stereocenters. The maximum atomic E-state index is 14.5. The number of carbonyl (C=O) groups excluding carboxylic acids is 4. The minimum Gasteiger partial charge on any atom is -0.497 e. The van der Waals surface area contributed by atoms with E-state index in [1.165, 1.54) is 20.8 Å². The van der Waals surface area contributed by atoms with Crippen LogP contribution in [0.15, 0.2) is 176 Å². The average molecular weight is 1300 g/mol. The van der Waals surface area contributed by atoms with Crippen molar-refractivity contribution in [2.45, 2.75) is 178 Å². The van der Waals surface area contributed by atoms with Gasteiger partial charge in [-0.1, -0.05) is 171 Å². The zero-order chi connectivity index (χ0) is 65.7. The fraction of sp³-hybridized carbons (Fsp3) is 0.444. The number of methoxy groups -OCH3 is 1. The smallest absolute Gasteiger partial charge is 0.338 e. The van der Waals surface area contributed by atoms with Gasteiger partial charge in [0.05, 0.1) is 58.4 Å². The van der Waals surface area contributed by atoms with Crippen LogP contribution in [-0.2, 0) is 114 Å². The minimum absolute atomic E-state index is 0.0165. The minimum atomic E-state index is -1.71. The lowest BCUT2D eigenvalue weighted by Crippen LogP contribution is -2.70. The Morgan fingerprint density at radius 1 is 0.452 bits per heavy atom. The first-order chi connectivity index (χ1) is 45.0. The average Bonchev–Trinajstić information content (AvgIpc) is 0.778. The summed E-state index contributed by atoms with van der Waals surface area (Å²) in [7, 11) is -0.131. The summed E-state index contributed by atoms with van der Waals surface area (Å²) in [5.41, 5.74) is 4.43. The topological polar surface area (TPSA) is 219 Å². The van der Waals surface area contributed by atoms with Crippen molar-refractivity contribution in [3.8, 4) is 5.75 Å². The molecule has 6 aromatic rings. The first-order valence-electron chi connectivity index (χ1n) is 31.5. The van der Waals surface area contributed by atoms with Gasteiger partial charge in [-0.05, 0) is 65.1 Å². The van der Waals surface area contributed by atoms with Gasteiger partial charge in [-0.15, -0.1) is 0 Å². The van der Waals surface area contributed by atoms with E-state index in [1.54, 1.807) is 44.4 Å². The van der Waals surface area contributed by atoms with Crippen LogP contribution < -0.4 is 10.1 Å². The molecule has 0 saturated carbocycles. The van der Waals surface area contributed by atoms with E-state index in [1.807, 2.05) is 146 Å². The lowest BCUT2D eigenvalue weighted by Gasteiger charge is -2.51. The van der Waals surface area contributed by atoms with Gasteiger partial charge in [0.25, 0.3) is 0 Å². The van der Waals surface area contributed by atoms with Gasteiger partial charge < -0.3 is 76.4 Å². The molecule has 9 rings (SSSR count). The van der Waals surface area contributed by atoms with Crippen molar-refractivity contribution in [2.75, 3.05) is 26.9 Å². The molecule has 3 fully saturated rings. The van der Waals surface area contributed by atoms with E-state index >= 15 is 0 Å². The maximum Gasteiger partial charge on any atom is 0.338 e. The van der Waals surface area contributed by atoms with E-state index in [-0.39, 0.29) is 51.8 Å². The molecule has 93 heavy (non-hydrogen) atoms. The quantitative estimate of drug-likeness (QED) is 0.0243. The van der Waals surface area contributed by atoms with Crippen molar-refractivity contribution >= 4 is 31.9 Å². The Hall–Kier alpha value is -7.22. The van der Waals surface area contributed by atoms with Crippen molar-refractivity contribution in [3.05, 3.63) is 209 Å². The van der Waals surface area contributed by atoms with Crippen molar-refractivity contribution in [3.63, 3.8) is 0 Å². The van der Waals surface area contributed by atoms with Crippen LogP contribution in [0, 0.1) is 0 Å². The highest BCUT2D eigenvalue weighted by atomic mass is 28.3. The van der Waals surface area contributed by atoms with Gasteiger partial charge in [0.1, 0.15) is 67.2 Å². The number of hydrogen-bond acceptors (Lipinski definition) is 19. The lowest BCUT2D eigenvalue weighted by molar-refractivity contribution is -0.373. The molecule has 6 aromatic carbocycles. The van der Waals surface area contributed by atoms with Crippen LogP contribution in [0.1, 0.15) is 65.9 Å². The second kappa shape index (κ2) is 34.8. The Morgan fingerprint density at radius 3 is 1.46 bits per heavy atom. The van der Waals surface area contributed by atoms with E-state index in [9.17, 15) is 19.2 Å². The third-order valence-corrected chi connectivity index (χ3v) is 17.6. The summed E-state index contributed by atoms with van der Waals surface area (Å²) >= 11 is 0. The summed E-state index contributed by atoms with van der Waals surface area (Å²) in [6.45, 7) is 12.3. The van der Waals surface area contributed by atoms with Crippen molar-refractivity contribution in [2.24, 2.45) is 0 Å². The molecule has 0 bridgehead atoms. The molecule has 0 spiro atoms. The lowest BCUT2D eigenvalue weighted by atomic mass is 9.93. The second-order valence-corrected chi connectivity index (χ2v) is 30.0. The molecule has 3 heterocycles. The third-order valence-electron chi connectivity index (χ3n) is 15.9. The normalized spacial score (nSPS) is 26.3. The van der Waals surface area contributed by atoms with Crippen LogP contribution in [0.5, 0.6) is 5.75 Å². The SMILES string of the molecule is COc1ccc(CO[C@H]2[C@@H](O[C@@H]3[C@@H](NC(C)=O)[C@@H](O[C@@H]4[C@@H](OCc5ccccc5)[C@H](C)O[C@@H](OCC[Si](C)(C)C)[C@@H]4OC(=O)c4ccccc4)O[C@H](COC(C)=O)[C@H]3OC(C)=O)O[C@H](COCc3ccccc3)[C@@H](OCc3ccccc3)[C@@H]2OCc2ccccc2)cc1. The number of hydrogen-bond donors (Lipinski definition) is 1. The summed E-state index contributed by atoms with van der Waals surface area (Å²) in [4.78, 5) is 55.1. The van der Waals surface area contributed by atoms with Gasteiger partial charge in [0, 0.05) is 35.5 Å². The van der Waals surface area contributed by atoms with Crippen LogP contribution >= 0.6 is 0 Å². The summed E-state index contributed by atoms with van der Waals surface area (Å²) in [6, 6.07) is 53.6. The Labute approximate surface area is 545 Å². The van der Waals surface area contributed by atoms with E-state index in [0.29, 0.717) is 5.75 Å². The molecule has 0 aromatic heterocycles. The van der Waals surface area contributed by atoms with Crippen LogP contribution in [0.2, 0.25) is 25.7 Å². The van der Waals surface area contributed by atoms with E-state index in [0.717, 1.165) is 33.9 Å². The molecule has 3 saturated heterocycles. The Morgan fingerprint density at radius 2 is 0.935 bits per heavy atom. The van der Waals surface area contributed by atoms with Gasteiger partial charge in [0.15, 0.2) is 31.1 Å². The molecular formula is C72H87NO19Si. The van der Waals surface area contributed by atoms with Gasteiger partial charge >= 0.3 is 17.9 Å². The molecule has 21 heteroatoms. The summed E-state index contributed by atoms with van der Waals surface area (Å²) in [5, 5.41) is 3.02. The van der Waals surface area contributed by atoms with Crippen molar-refractivity contribution in [1.82, 2.24) is 5.32 Å². The first kappa shape index (κ1) is 70.1. The summed E-state index contributed by atoms with van der Waals surface area (Å²) < 4.78 is 101. The Kier molecular flexibility index (Phi) is 26.2. The number of esters is 3. The van der Waals surface area contributed by atoms with Crippen LogP contribution in [-0.4, -0.2) is 151 Å². The summed E-state index contributed by atoms with van der Waals surface area (Å²) in [5.74, 6) is -2.11. The Balaban J connectivity index is 1.17. The zero-order valence-corrected chi connectivity index (χ0v) is 55.0. The van der Waals surface area contributed by atoms with Crippen LogP contribution in [0.4, 0.5) is 0 Å². The number of ether oxygens (including phenoxy) is 15. The number of carbonyl (C=O) groups is 4. The predicted molar refractivity (Wildman–Crippen MR) is 344 cm³/mol. The maximum absolute atomic E-state index is 14.5. The molecule has 3 aliphatic rings. The number of amides is 1. The molecule has 1 amide bonds. The highest BCUT2D eigenvalue weighted by Gasteiger charge is 2.58. The highest BCUT2D eigenvalue weighted by molar-refractivity contribution is 6.76. The summed E-state index contributed by atoms with van der Waals surface area (Å²) in [6.07, 6.45) is -17.4.